The van der Waals surface area contributed by atoms with Crippen molar-refractivity contribution < 1.29 is 38.9 Å². The highest BCUT2D eigenvalue weighted by molar-refractivity contribution is 7.45. The molecule has 32 heavy (non-hydrogen) atoms. The van der Waals surface area contributed by atoms with Crippen LogP contribution in [0.2, 0.25) is 0 Å². The summed E-state index contributed by atoms with van der Waals surface area (Å²) in [7, 11) is -4.47. The number of allylic oxidation sites excluding steroid dienone is 2. The Hall–Kier alpha value is -0.760. The largest absolute Gasteiger partial charge is 0.756 e. The van der Waals surface area contributed by atoms with Crippen LogP contribution in [0.5, 0.6) is 0 Å². The Morgan fingerprint density at radius 3 is 2.09 bits per heavy atom. The molecule has 4 N–H and O–H groups in total. The lowest BCUT2D eigenvalue weighted by molar-refractivity contribution is -0.373. The Morgan fingerprint density at radius 2 is 1.53 bits per heavy atom. The summed E-state index contributed by atoms with van der Waals surface area (Å²) in [6, 6.07) is 0. The van der Waals surface area contributed by atoms with Crippen LogP contribution < -0.4 is 10.6 Å². The summed E-state index contributed by atoms with van der Waals surface area (Å²) in [6.07, 6.45) is 19.1. The number of aliphatic hydroxyl groups is 1. The van der Waals surface area contributed by atoms with E-state index < -0.39 is 33.1 Å². The number of aliphatic hydroxyl groups excluding tert-OH is 1. The lowest BCUT2D eigenvalue weighted by atomic mass is 10.1. The van der Waals surface area contributed by atoms with Gasteiger partial charge in [0.25, 0.3) is 7.82 Å². The topological polar surface area (TPSA) is 133 Å². The number of carbonyl (C=O) groups is 1. The number of rotatable bonds is 23. The van der Waals surface area contributed by atoms with Crippen molar-refractivity contribution in [1.82, 2.24) is 0 Å². The van der Waals surface area contributed by atoms with E-state index in [4.69, 9.17) is 4.74 Å². The first-order chi connectivity index (χ1) is 15.4. The van der Waals surface area contributed by atoms with Gasteiger partial charge >= 0.3 is 5.97 Å². The second-order valence-electron chi connectivity index (χ2n) is 8.06. The lowest BCUT2D eigenvalue weighted by Gasteiger charge is -2.24. The van der Waals surface area contributed by atoms with Gasteiger partial charge in [0, 0.05) is 6.42 Å². The fourth-order valence-electron chi connectivity index (χ4n) is 3.10. The second-order valence-corrected chi connectivity index (χ2v) is 9.47. The summed E-state index contributed by atoms with van der Waals surface area (Å²) in [5.74, 6) is -0.464. The predicted molar refractivity (Wildman–Crippen MR) is 124 cm³/mol. The van der Waals surface area contributed by atoms with Crippen LogP contribution >= 0.6 is 7.82 Å². The van der Waals surface area contributed by atoms with E-state index in [1.54, 1.807) is 0 Å². The van der Waals surface area contributed by atoms with Crippen molar-refractivity contribution in [1.29, 1.82) is 0 Å². The van der Waals surface area contributed by atoms with Crippen LogP contribution in [-0.2, 0) is 23.1 Å². The van der Waals surface area contributed by atoms with Gasteiger partial charge in [-0.15, -0.1) is 0 Å². The van der Waals surface area contributed by atoms with E-state index in [9.17, 15) is 19.4 Å². The summed E-state index contributed by atoms with van der Waals surface area (Å²) in [5.41, 5.74) is 3.47. The molecule has 0 amide bonds. The van der Waals surface area contributed by atoms with Gasteiger partial charge in [0.2, 0.25) is 0 Å². The summed E-state index contributed by atoms with van der Waals surface area (Å²) >= 11 is 0. The third-order valence-corrected chi connectivity index (χ3v) is 5.92. The number of hydrogen-bond acceptors (Lipinski definition) is 7. The predicted octanol–water partition coefficient (Wildman–Crippen LogP) is 3.67. The molecular formula is C23H46NO7P. The first-order valence-electron chi connectivity index (χ1n) is 12.3. The molecule has 0 fully saturated rings. The molecule has 190 valence electrons. The molecule has 0 saturated carbocycles. The van der Waals surface area contributed by atoms with Gasteiger partial charge in [-0.05, 0) is 32.1 Å². The number of phosphoric acid groups is 1. The van der Waals surface area contributed by atoms with Gasteiger partial charge in [0.05, 0.1) is 19.8 Å². The highest BCUT2D eigenvalue weighted by Gasteiger charge is 2.18. The Kier molecular flexibility index (Phi) is 21.5. The van der Waals surface area contributed by atoms with Gasteiger partial charge in [-0.1, -0.05) is 70.4 Å². The average molecular weight is 480 g/mol. The molecule has 8 nitrogen and oxygen atoms in total. The minimum absolute atomic E-state index is 0.0827. The van der Waals surface area contributed by atoms with E-state index in [1.807, 2.05) is 0 Å². The summed E-state index contributed by atoms with van der Waals surface area (Å²) in [6.45, 7) is 1.45. The smallest absolute Gasteiger partial charge is 0.306 e. The molecule has 0 aliphatic carbocycles. The van der Waals surface area contributed by atoms with E-state index >= 15 is 0 Å². The molecule has 0 bridgehead atoms. The molecule has 2 atom stereocenters. The molecule has 0 aliphatic heterocycles. The molecule has 0 spiro atoms. The third-order valence-electron chi connectivity index (χ3n) is 4.96. The monoisotopic (exact) mass is 479 g/mol. The van der Waals surface area contributed by atoms with Crippen LogP contribution in [-0.4, -0.2) is 43.5 Å². The molecule has 0 aliphatic rings. The third kappa shape index (κ3) is 21.1. The van der Waals surface area contributed by atoms with E-state index in [1.165, 1.54) is 57.8 Å². The maximum Gasteiger partial charge on any atom is 0.306 e. The first-order valence-corrected chi connectivity index (χ1v) is 13.8. The maximum absolute atomic E-state index is 11.9. The van der Waals surface area contributed by atoms with Gasteiger partial charge < -0.3 is 29.5 Å². The molecule has 9 heteroatoms. The number of unbranched alkanes of at least 4 members (excludes halogenated alkanes) is 11. The van der Waals surface area contributed by atoms with Crippen molar-refractivity contribution >= 4 is 13.8 Å². The zero-order chi connectivity index (χ0) is 23.9. The number of quaternary nitrogens is 1. The van der Waals surface area contributed by atoms with E-state index in [2.05, 4.69) is 33.9 Å². The second kappa shape index (κ2) is 22.1. The molecule has 0 aromatic rings. The Labute approximate surface area is 194 Å². The molecule has 0 saturated heterocycles. The molecule has 0 aromatic heterocycles. The normalized spacial score (nSPS) is 14.5. The highest BCUT2D eigenvalue weighted by Crippen LogP contribution is 2.37. The number of esters is 1. The zero-order valence-corrected chi connectivity index (χ0v) is 20.9. The van der Waals surface area contributed by atoms with Crippen LogP contribution in [0.25, 0.3) is 0 Å². The minimum Gasteiger partial charge on any atom is -0.756 e. The van der Waals surface area contributed by atoms with Crippen LogP contribution in [0.3, 0.4) is 0 Å². The van der Waals surface area contributed by atoms with E-state index in [0.717, 1.165) is 19.3 Å². The van der Waals surface area contributed by atoms with Crippen LogP contribution in [0.1, 0.15) is 96.8 Å². The van der Waals surface area contributed by atoms with Crippen LogP contribution in [0.4, 0.5) is 0 Å². The van der Waals surface area contributed by atoms with Gasteiger partial charge in [0.15, 0.2) is 0 Å². The van der Waals surface area contributed by atoms with Crippen LogP contribution in [0, 0.1) is 0 Å². The van der Waals surface area contributed by atoms with Crippen molar-refractivity contribution in [3.05, 3.63) is 12.2 Å². The van der Waals surface area contributed by atoms with E-state index in [-0.39, 0.29) is 19.6 Å². The molecule has 0 heterocycles. The van der Waals surface area contributed by atoms with Crippen LogP contribution in [0.15, 0.2) is 12.2 Å². The quantitative estimate of drug-likeness (QED) is 0.0988. The molecule has 0 rings (SSSR count). The Morgan fingerprint density at radius 1 is 0.969 bits per heavy atom. The maximum atomic E-state index is 11.9. The Bertz CT molecular complexity index is 517. The van der Waals surface area contributed by atoms with Crippen molar-refractivity contribution in [2.45, 2.75) is 103 Å². The first kappa shape index (κ1) is 31.2. The van der Waals surface area contributed by atoms with Gasteiger partial charge in [-0.25, -0.2) is 0 Å². The zero-order valence-electron chi connectivity index (χ0n) is 20.0. The summed E-state index contributed by atoms with van der Waals surface area (Å²) < 4.78 is 25.7. The average Bonchev–Trinajstić information content (AvgIpc) is 2.77. The van der Waals surface area contributed by atoms with Gasteiger partial charge in [-0.2, -0.15) is 0 Å². The van der Waals surface area contributed by atoms with E-state index in [0.29, 0.717) is 6.42 Å². The van der Waals surface area contributed by atoms with Crippen molar-refractivity contribution in [3.8, 4) is 0 Å². The molecule has 0 radical (unpaired) electrons. The number of carbonyl (C=O) groups excluding carboxylic acids is 1. The standard InChI is InChI=1S/C23H46NO7P/c1-2-3-4-5-6-7-8-9-10-11-12-13-14-15-16-17-23(26)31-22(20-25)21-30-32(27,28)29-19-18-24/h7-8,22,25H,2-6,9-21,24H2,1H3,(H,27,28)/b8-7+/t22-/m1/s1. The SMILES string of the molecule is CCCCCC/C=C/CCCCCCCCCC(=O)O[C@H](CO)COP(=O)([O-])OCC[NH3+]. The summed E-state index contributed by atoms with van der Waals surface area (Å²) in [4.78, 5) is 23.3. The van der Waals surface area contributed by atoms with Crippen molar-refractivity contribution in [2.75, 3.05) is 26.4 Å². The van der Waals surface area contributed by atoms with Crippen molar-refractivity contribution in [3.63, 3.8) is 0 Å². The molecule has 1 unspecified atom stereocenters. The number of phosphoric ester groups is 1. The number of hydrogen-bond donors (Lipinski definition) is 2. The molecular weight excluding hydrogens is 433 g/mol. The highest BCUT2D eigenvalue weighted by atomic mass is 31.2. The fraction of sp³-hybridized carbons (Fsp3) is 0.870. The number of ether oxygens (including phenoxy) is 1. The van der Waals surface area contributed by atoms with Crippen molar-refractivity contribution in [2.24, 2.45) is 0 Å². The fourth-order valence-corrected chi connectivity index (χ4v) is 3.87. The summed E-state index contributed by atoms with van der Waals surface area (Å²) in [5, 5.41) is 9.25. The lowest BCUT2D eigenvalue weighted by Crippen LogP contribution is -2.52. The molecule has 0 aromatic carbocycles. The Balaban J connectivity index is 3.61. The van der Waals surface area contributed by atoms with Gasteiger partial charge in [-0.3, -0.25) is 9.36 Å². The van der Waals surface area contributed by atoms with Gasteiger partial charge in [0.1, 0.15) is 12.7 Å². The minimum atomic E-state index is -4.47.